The van der Waals surface area contributed by atoms with Gasteiger partial charge in [-0.1, -0.05) is 13.8 Å². The molecule has 0 bridgehead atoms. The van der Waals surface area contributed by atoms with Crippen LogP contribution in [0.4, 0.5) is 0 Å². The average Bonchev–Trinajstić information content (AvgIpc) is 1.98. The number of nitrogens with one attached hydrogen (secondary N) is 2. The fourth-order valence-corrected chi connectivity index (χ4v) is 0.909. The summed E-state index contributed by atoms with van der Waals surface area (Å²) in [4.78, 5) is 21.9. The van der Waals surface area contributed by atoms with Crippen molar-refractivity contribution < 1.29 is 9.59 Å². The maximum absolute atomic E-state index is 11.2. The van der Waals surface area contributed by atoms with Crippen molar-refractivity contribution in [2.45, 2.75) is 26.8 Å². The monoisotopic (exact) mass is 172 g/mol. The van der Waals surface area contributed by atoms with Gasteiger partial charge in [-0.25, -0.2) is 0 Å². The molecule has 0 aliphatic rings. The van der Waals surface area contributed by atoms with E-state index in [1.54, 1.807) is 7.05 Å². The molecule has 0 fully saturated rings. The number of hydrogen-bond donors (Lipinski definition) is 2. The lowest BCUT2D eigenvalue weighted by molar-refractivity contribution is -0.128. The van der Waals surface area contributed by atoms with Crippen molar-refractivity contribution in [1.29, 1.82) is 0 Å². The second-order valence-electron chi connectivity index (χ2n) is 3.04. The molecular formula is C8H16N2O2. The van der Waals surface area contributed by atoms with Crippen molar-refractivity contribution in [2.75, 3.05) is 7.05 Å². The zero-order chi connectivity index (χ0) is 9.72. The lowest BCUT2D eigenvalue weighted by Crippen LogP contribution is -2.48. The van der Waals surface area contributed by atoms with Gasteiger partial charge in [-0.3, -0.25) is 9.59 Å². The molecule has 0 rings (SSSR count). The van der Waals surface area contributed by atoms with Crippen molar-refractivity contribution >= 4 is 11.8 Å². The molecule has 0 aliphatic carbocycles. The van der Waals surface area contributed by atoms with Gasteiger partial charge in [-0.05, 0) is 5.92 Å². The van der Waals surface area contributed by atoms with Gasteiger partial charge in [0.15, 0.2) is 0 Å². The molecule has 0 heterocycles. The Bertz CT molecular complexity index is 178. The first kappa shape index (κ1) is 10.9. The Morgan fingerprint density at radius 2 is 1.75 bits per heavy atom. The highest BCUT2D eigenvalue weighted by Crippen LogP contribution is 2.00. The third-order valence-corrected chi connectivity index (χ3v) is 1.55. The predicted molar refractivity (Wildman–Crippen MR) is 46.5 cm³/mol. The van der Waals surface area contributed by atoms with Crippen LogP contribution >= 0.6 is 0 Å². The average molecular weight is 172 g/mol. The van der Waals surface area contributed by atoms with Crippen LogP contribution in [0, 0.1) is 5.92 Å². The van der Waals surface area contributed by atoms with Crippen LogP contribution in [0.15, 0.2) is 0 Å². The first-order valence-electron chi connectivity index (χ1n) is 3.97. The molecule has 70 valence electrons. The van der Waals surface area contributed by atoms with Crippen LogP contribution in [0.2, 0.25) is 0 Å². The SMILES string of the molecule is CNC(=O)[C@@H](NC(C)=O)C(C)C. The highest BCUT2D eigenvalue weighted by Gasteiger charge is 2.21. The van der Waals surface area contributed by atoms with E-state index in [2.05, 4.69) is 10.6 Å². The summed E-state index contributed by atoms with van der Waals surface area (Å²) < 4.78 is 0. The second-order valence-corrected chi connectivity index (χ2v) is 3.04. The summed E-state index contributed by atoms with van der Waals surface area (Å²) in [5.74, 6) is -0.230. The van der Waals surface area contributed by atoms with Gasteiger partial charge >= 0.3 is 0 Å². The molecule has 0 spiro atoms. The zero-order valence-corrected chi connectivity index (χ0v) is 7.97. The fourth-order valence-electron chi connectivity index (χ4n) is 0.909. The maximum atomic E-state index is 11.2. The molecule has 0 aliphatic heterocycles. The van der Waals surface area contributed by atoms with E-state index in [1.165, 1.54) is 6.92 Å². The van der Waals surface area contributed by atoms with Crippen LogP contribution in [-0.2, 0) is 9.59 Å². The summed E-state index contributed by atoms with van der Waals surface area (Å²) >= 11 is 0. The third kappa shape index (κ3) is 3.37. The van der Waals surface area contributed by atoms with Crippen molar-refractivity contribution in [3.05, 3.63) is 0 Å². The van der Waals surface area contributed by atoms with Crippen LogP contribution < -0.4 is 10.6 Å². The highest BCUT2D eigenvalue weighted by atomic mass is 16.2. The Morgan fingerprint density at radius 3 is 2.00 bits per heavy atom. The van der Waals surface area contributed by atoms with Crippen LogP contribution in [0.25, 0.3) is 0 Å². The number of rotatable bonds is 3. The molecule has 4 heteroatoms. The highest BCUT2D eigenvalue weighted by molar-refractivity contribution is 5.86. The Morgan fingerprint density at radius 1 is 1.25 bits per heavy atom. The van der Waals surface area contributed by atoms with Crippen molar-refractivity contribution in [3.63, 3.8) is 0 Å². The first-order valence-corrected chi connectivity index (χ1v) is 3.97. The van der Waals surface area contributed by atoms with E-state index in [9.17, 15) is 9.59 Å². The van der Waals surface area contributed by atoms with Gasteiger partial charge in [0.05, 0.1) is 0 Å². The van der Waals surface area contributed by atoms with Crippen LogP contribution in [-0.4, -0.2) is 24.9 Å². The quantitative estimate of drug-likeness (QED) is 0.624. The zero-order valence-electron chi connectivity index (χ0n) is 7.97. The molecule has 0 aromatic heterocycles. The Hall–Kier alpha value is -1.06. The van der Waals surface area contributed by atoms with Crippen molar-refractivity contribution in [1.82, 2.24) is 10.6 Å². The summed E-state index contributed by atoms with van der Waals surface area (Å²) in [5, 5.41) is 5.08. The molecule has 0 saturated heterocycles. The van der Waals surface area contributed by atoms with Crippen LogP contribution in [0.5, 0.6) is 0 Å². The van der Waals surface area contributed by atoms with Gasteiger partial charge in [0.25, 0.3) is 0 Å². The normalized spacial score (nSPS) is 12.4. The van der Waals surface area contributed by atoms with E-state index >= 15 is 0 Å². The van der Waals surface area contributed by atoms with E-state index in [0.29, 0.717) is 0 Å². The van der Waals surface area contributed by atoms with Gasteiger partial charge in [-0.15, -0.1) is 0 Å². The molecule has 0 radical (unpaired) electrons. The molecule has 2 amide bonds. The summed E-state index contributed by atoms with van der Waals surface area (Å²) in [5.41, 5.74) is 0. The molecule has 4 nitrogen and oxygen atoms in total. The van der Waals surface area contributed by atoms with E-state index in [1.807, 2.05) is 13.8 Å². The lowest BCUT2D eigenvalue weighted by atomic mass is 10.0. The van der Waals surface area contributed by atoms with Gasteiger partial charge in [0.2, 0.25) is 11.8 Å². The smallest absolute Gasteiger partial charge is 0.242 e. The topological polar surface area (TPSA) is 58.2 Å². The third-order valence-electron chi connectivity index (χ3n) is 1.55. The van der Waals surface area contributed by atoms with E-state index in [0.717, 1.165) is 0 Å². The Kier molecular flexibility index (Phi) is 4.33. The molecule has 1 atom stereocenters. The van der Waals surface area contributed by atoms with E-state index < -0.39 is 6.04 Å². The summed E-state index contributed by atoms with van der Waals surface area (Å²) in [6, 6.07) is -0.424. The summed E-state index contributed by atoms with van der Waals surface area (Å²) in [6.45, 7) is 5.17. The Balaban J connectivity index is 4.23. The molecule has 0 aromatic rings. The number of likely N-dealkylation sites (N-methyl/N-ethyl adjacent to an activating group) is 1. The molecule has 12 heavy (non-hydrogen) atoms. The molecule has 0 aromatic carbocycles. The van der Waals surface area contributed by atoms with Gasteiger partial charge in [0, 0.05) is 14.0 Å². The standard InChI is InChI=1S/C8H16N2O2/c1-5(2)7(8(12)9-4)10-6(3)11/h5,7H,1-4H3,(H,9,12)(H,10,11)/t7-/m0/s1. The fraction of sp³-hybridized carbons (Fsp3) is 0.750. The molecule has 0 unspecified atom stereocenters. The van der Waals surface area contributed by atoms with Gasteiger partial charge < -0.3 is 10.6 Å². The number of amides is 2. The first-order chi connectivity index (χ1) is 5.49. The number of carbonyl (C=O) groups is 2. The van der Waals surface area contributed by atoms with Crippen LogP contribution in [0.1, 0.15) is 20.8 Å². The van der Waals surface area contributed by atoms with E-state index in [-0.39, 0.29) is 17.7 Å². The summed E-state index contributed by atoms with van der Waals surface area (Å²) in [7, 11) is 1.56. The molecular weight excluding hydrogens is 156 g/mol. The minimum absolute atomic E-state index is 0.105. The minimum atomic E-state index is -0.424. The van der Waals surface area contributed by atoms with Crippen LogP contribution in [0.3, 0.4) is 0 Å². The predicted octanol–water partition coefficient (Wildman–Crippen LogP) is -0.107. The van der Waals surface area contributed by atoms with Crippen molar-refractivity contribution in [3.8, 4) is 0 Å². The molecule has 0 saturated carbocycles. The largest absolute Gasteiger partial charge is 0.357 e. The number of hydrogen-bond acceptors (Lipinski definition) is 2. The van der Waals surface area contributed by atoms with Gasteiger partial charge in [-0.2, -0.15) is 0 Å². The Labute approximate surface area is 72.7 Å². The summed E-state index contributed by atoms with van der Waals surface area (Å²) in [6.07, 6.45) is 0. The maximum Gasteiger partial charge on any atom is 0.242 e. The molecule has 2 N–H and O–H groups in total. The number of carbonyl (C=O) groups excluding carboxylic acids is 2. The minimum Gasteiger partial charge on any atom is -0.357 e. The second kappa shape index (κ2) is 4.74. The lowest BCUT2D eigenvalue weighted by Gasteiger charge is -2.19. The van der Waals surface area contributed by atoms with Gasteiger partial charge in [0.1, 0.15) is 6.04 Å². The van der Waals surface area contributed by atoms with E-state index in [4.69, 9.17) is 0 Å². The van der Waals surface area contributed by atoms with Crippen molar-refractivity contribution in [2.24, 2.45) is 5.92 Å².